The van der Waals surface area contributed by atoms with Gasteiger partial charge in [0.05, 0.1) is 22.1 Å². The summed E-state index contributed by atoms with van der Waals surface area (Å²) >= 11 is 0. The second-order valence-electron chi connectivity index (χ2n) is 17.5. The summed E-state index contributed by atoms with van der Waals surface area (Å²) in [6.07, 6.45) is 12.0. The predicted octanol–water partition coefficient (Wildman–Crippen LogP) is 14.4. The lowest BCUT2D eigenvalue weighted by atomic mass is 9.74. The van der Waals surface area contributed by atoms with Crippen molar-refractivity contribution in [2.45, 2.75) is 25.7 Å². The van der Waals surface area contributed by atoms with E-state index in [1.165, 1.54) is 110 Å². The second kappa shape index (κ2) is 14.3. The summed E-state index contributed by atoms with van der Waals surface area (Å²) in [6.45, 7) is 4.91. The van der Waals surface area contributed by atoms with E-state index in [1.807, 2.05) is 0 Å². The molecule has 0 fully saturated rings. The molecule has 0 bridgehead atoms. The number of rotatable bonds is 6. The van der Waals surface area contributed by atoms with Gasteiger partial charge in [0.25, 0.3) is 0 Å². The van der Waals surface area contributed by atoms with Gasteiger partial charge in [-0.25, -0.2) is 0 Å². The fourth-order valence-corrected chi connectivity index (χ4v) is 11.4. The fourth-order valence-electron chi connectivity index (χ4n) is 11.4. The first-order valence-corrected chi connectivity index (χ1v) is 22.5. The Kier molecular flexibility index (Phi) is 8.20. The quantitative estimate of drug-likeness (QED) is 0.127. The molecule has 0 radical (unpaired) electrons. The number of hydrogen-bond acceptors (Lipinski definition) is 2. The average Bonchev–Trinajstić information content (AvgIpc) is 3.88. The minimum absolute atomic E-state index is 0.402. The highest BCUT2D eigenvalue weighted by Gasteiger charge is 2.33. The Morgan fingerprint density at radius 2 is 1.02 bits per heavy atom. The van der Waals surface area contributed by atoms with Crippen molar-refractivity contribution < 1.29 is 0 Å². The number of hydrogen-bond donors (Lipinski definition) is 2. The van der Waals surface area contributed by atoms with Gasteiger partial charge in [0, 0.05) is 28.1 Å². The third-order valence-corrected chi connectivity index (χ3v) is 14.1. The summed E-state index contributed by atoms with van der Waals surface area (Å²) in [5.41, 5.74) is 22.9. The highest BCUT2D eigenvalue weighted by Crippen LogP contribution is 2.51. The molecule has 4 nitrogen and oxygen atoms in total. The molecule has 3 heterocycles. The van der Waals surface area contributed by atoms with Gasteiger partial charge in [0.1, 0.15) is 11.7 Å². The van der Waals surface area contributed by atoms with E-state index in [1.54, 1.807) is 6.08 Å². The zero-order valence-electron chi connectivity index (χ0n) is 35.5. The Bertz CT molecular complexity index is 3690. The van der Waals surface area contributed by atoms with Gasteiger partial charge in [-0.05, 0) is 152 Å². The molecular weight excluding hydrogens is 777 g/mol. The molecule has 3 aliphatic rings. The van der Waals surface area contributed by atoms with Crippen LogP contribution in [0.2, 0.25) is 0 Å². The minimum Gasteiger partial charge on any atom is -0.368 e. The molecule has 8 aromatic carbocycles. The van der Waals surface area contributed by atoms with Gasteiger partial charge in [0.2, 0.25) is 0 Å². The van der Waals surface area contributed by atoms with Crippen LogP contribution in [0.3, 0.4) is 0 Å². The van der Waals surface area contributed by atoms with Crippen LogP contribution < -0.4 is 5.32 Å². The van der Waals surface area contributed by atoms with E-state index in [-0.39, 0.29) is 0 Å². The Balaban J connectivity index is 1.05. The van der Waals surface area contributed by atoms with E-state index in [4.69, 9.17) is 0 Å². The second-order valence-corrected chi connectivity index (χ2v) is 17.5. The number of fused-ring (bicyclic) bond motifs is 8. The first-order chi connectivity index (χ1) is 31.6. The highest BCUT2D eigenvalue weighted by atomic mass is 15.1. The van der Waals surface area contributed by atoms with E-state index in [0.717, 1.165) is 49.1 Å². The summed E-state index contributed by atoms with van der Waals surface area (Å²) in [7, 11) is 0. The molecule has 0 spiro atoms. The third-order valence-electron chi connectivity index (χ3n) is 14.1. The Hall–Kier alpha value is -7.95. The molecule has 2 aromatic heterocycles. The van der Waals surface area contributed by atoms with Crippen molar-refractivity contribution >= 4 is 55.3 Å². The molecule has 0 unspecified atom stereocenters. The molecule has 10 aromatic rings. The molecule has 0 atom stereocenters. The van der Waals surface area contributed by atoms with Crippen molar-refractivity contribution in [1.29, 1.82) is 5.41 Å². The largest absolute Gasteiger partial charge is 0.368 e. The maximum Gasteiger partial charge on any atom is 0.129 e. The Morgan fingerprint density at radius 3 is 1.56 bits per heavy atom. The van der Waals surface area contributed by atoms with Crippen LogP contribution in [0.15, 0.2) is 189 Å². The lowest BCUT2D eigenvalue weighted by Crippen LogP contribution is -2.21. The van der Waals surface area contributed by atoms with Gasteiger partial charge in [0.15, 0.2) is 0 Å². The molecular formula is C60H44N4. The van der Waals surface area contributed by atoms with E-state index in [2.05, 4.69) is 197 Å². The van der Waals surface area contributed by atoms with Crippen molar-refractivity contribution in [2.75, 3.05) is 6.54 Å². The molecule has 4 heteroatoms. The summed E-state index contributed by atoms with van der Waals surface area (Å²) < 4.78 is 4.68. The van der Waals surface area contributed by atoms with Gasteiger partial charge in [-0.15, -0.1) is 0 Å². The lowest BCUT2D eigenvalue weighted by Gasteiger charge is -2.31. The maximum atomic E-state index is 9.37. The number of nitrogens with one attached hydrogen (secondary N) is 2. The molecule has 0 saturated carbocycles. The van der Waals surface area contributed by atoms with Crippen LogP contribution in [-0.4, -0.2) is 21.5 Å². The van der Waals surface area contributed by atoms with Crippen molar-refractivity contribution in [3.63, 3.8) is 0 Å². The first-order valence-electron chi connectivity index (χ1n) is 22.5. The fraction of sp³-hybridized carbons (Fsp3) is 0.0833. The number of aromatic nitrogens is 2. The molecule has 304 valence electrons. The van der Waals surface area contributed by atoms with Crippen LogP contribution in [0, 0.1) is 5.41 Å². The van der Waals surface area contributed by atoms with Gasteiger partial charge >= 0.3 is 0 Å². The standard InChI is InChI=1S/C60H44N4/c1-2-55(61)63-53-30-26-39(45-21-11-9-19-43(45)37-15-5-3-6-16-37)33-49(53)51-35-41-25-29-48-58-42(24-28-47(57(41)58)59(51)63)36-52-50-34-40(46-22-12-10-20-44(46)38-17-7-4-8-18-38)27-31-54(50)64(60(48)52)56-23-13-14-32-62-56/h2-23,26-27,30-31,33-36,61-62H,1,24-25,28-29,32H2. The third kappa shape index (κ3) is 5.39. The molecule has 0 saturated heterocycles. The van der Waals surface area contributed by atoms with Gasteiger partial charge in [-0.3, -0.25) is 14.5 Å². The summed E-state index contributed by atoms with van der Waals surface area (Å²) in [4.78, 5) is 0. The number of aryl methyl sites for hydroxylation is 4. The van der Waals surface area contributed by atoms with Crippen LogP contribution in [0.1, 0.15) is 22.3 Å². The number of nitrogens with zero attached hydrogens (tertiary/aromatic N) is 2. The normalized spacial score (nSPS) is 13.9. The van der Waals surface area contributed by atoms with Crippen LogP contribution in [0.5, 0.6) is 0 Å². The maximum absolute atomic E-state index is 9.37. The molecule has 13 rings (SSSR count). The summed E-state index contributed by atoms with van der Waals surface area (Å²) in [6, 6.07) is 57.9. The molecule has 2 N–H and O–H groups in total. The van der Waals surface area contributed by atoms with E-state index in [9.17, 15) is 5.41 Å². The van der Waals surface area contributed by atoms with E-state index in [0.29, 0.717) is 5.84 Å². The monoisotopic (exact) mass is 820 g/mol. The van der Waals surface area contributed by atoms with Gasteiger partial charge in [-0.2, -0.15) is 0 Å². The van der Waals surface area contributed by atoms with Gasteiger partial charge < -0.3 is 5.32 Å². The predicted molar refractivity (Wildman–Crippen MR) is 269 cm³/mol. The minimum atomic E-state index is 0.402. The van der Waals surface area contributed by atoms with Crippen molar-refractivity contribution in [3.05, 3.63) is 211 Å². The van der Waals surface area contributed by atoms with E-state index < -0.39 is 0 Å². The molecule has 2 aliphatic carbocycles. The van der Waals surface area contributed by atoms with Gasteiger partial charge in [-0.1, -0.05) is 140 Å². The van der Waals surface area contributed by atoms with Crippen LogP contribution in [-0.2, 0) is 25.7 Å². The van der Waals surface area contributed by atoms with Crippen molar-refractivity contribution in [1.82, 2.24) is 14.5 Å². The lowest BCUT2D eigenvalue weighted by molar-refractivity contribution is 0.877. The SMILES string of the molecule is C=CC(=N)n1c2ccc(-c3ccccc3-c3ccccc3)cc2c2cc3c4c(c21)CCc1cc2c5cc(-c6ccccc6-c6ccccc6)ccc5n(C5=CC=CCN5)c2c(c1-4)CC3. The topological polar surface area (TPSA) is 45.7 Å². The smallest absolute Gasteiger partial charge is 0.129 e. The van der Waals surface area contributed by atoms with Crippen molar-refractivity contribution in [2.24, 2.45) is 0 Å². The number of allylic oxidation sites excluding steroid dienone is 3. The molecule has 0 amide bonds. The van der Waals surface area contributed by atoms with E-state index >= 15 is 0 Å². The van der Waals surface area contributed by atoms with Crippen LogP contribution in [0.25, 0.3) is 105 Å². The summed E-state index contributed by atoms with van der Waals surface area (Å²) in [5.74, 6) is 1.51. The average molecular weight is 821 g/mol. The molecule has 1 aliphatic heterocycles. The van der Waals surface area contributed by atoms with Crippen molar-refractivity contribution in [3.8, 4) is 55.6 Å². The number of dihydropyridines is 1. The molecule has 64 heavy (non-hydrogen) atoms. The van der Waals surface area contributed by atoms with Crippen LogP contribution >= 0.6 is 0 Å². The Morgan fingerprint density at radius 1 is 0.516 bits per heavy atom. The highest BCUT2D eigenvalue weighted by molar-refractivity contribution is 6.20. The number of benzene rings is 8. The first kappa shape index (κ1) is 36.7. The zero-order chi connectivity index (χ0) is 42.5. The summed E-state index contributed by atoms with van der Waals surface area (Å²) in [5, 5.41) is 18.1. The van der Waals surface area contributed by atoms with Crippen LogP contribution in [0.4, 0.5) is 0 Å². The zero-order valence-corrected chi connectivity index (χ0v) is 35.5. The Labute approximate surface area is 372 Å².